The summed E-state index contributed by atoms with van der Waals surface area (Å²) in [5, 5.41) is 0.626. The summed E-state index contributed by atoms with van der Waals surface area (Å²) < 4.78 is 2.09. The number of ketones is 1. The average Bonchev–Trinajstić information content (AvgIpc) is 2.74. The van der Waals surface area contributed by atoms with Gasteiger partial charge in [-0.15, -0.1) is 6.58 Å². The second-order valence-corrected chi connectivity index (χ2v) is 5.37. The van der Waals surface area contributed by atoms with E-state index in [1.54, 1.807) is 18.5 Å². The molecule has 2 aromatic heterocycles. The van der Waals surface area contributed by atoms with E-state index >= 15 is 0 Å². The number of Topliss-reactive ketones (excluding diaryl/α,β-unsaturated/α-hetero) is 1. The summed E-state index contributed by atoms with van der Waals surface area (Å²) in [4.78, 5) is 20.5. The smallest absolute Gasteiger partial charge is 0.187 e. The van der Waals surface area contributed by atoms with Crippen molar-refractivity contribution in [3.8, 4) is 0 Å². The van der Waals surface area contributed by atoms with Gasteiger partial charge in [-0.25, -0.2) is 9.97 Å². The monoisotopic (exact) mass is 287 g/mol. The van der Waals surface area contributed by atoms with Crippen molar-refractivity contribution in [3.05, 3.63) is 54.1 Å². The lowest BCUT2D eigenvalue weighted by Gasteiger charge is -2.06. The molecule has 0 N–H and O–H groups in total. The third-order valence-electron chi connectivity index (χ3n) is 3.06. The Morgan fingerprint density at radius 1 is 1.40 bits per heavy atom. The molecule has 0 saturated heterocycles. The van der Waals surface area contributed by atoms with Crippen molar-refractivity contribution in [2.24, 2.45) is 0 Å². The van der Waals surface area contributed by atoms with Gasteiger partial charge in [0.25, 0.3) is 0 Å². The molecule has 0 aliphatic heterocycles. The molecule has 4 nitrogen and oxygen atoms in total. The van der Waals surface area contributed by atoms with E-state index in [1.807, 2.05) is 26.0 Å². The molecule has 0 unspecified atom stereocenters. The molecule has 0 fully saturated rings. The largest absolute Gasteiger partial charge is 0.345 e. The van der Waals surface area contributed by atoms with E-state index in [-0.39, 0.29) is 5.78 Å². The Kier molecular flexibility index (Phi) is 4.74. The molecule has 0 atom stereocenters. The predicted octanol–water partition coefficient (Wildman–Crippen LogP) is 3.06. The number of hydrogen-bond donors (Lipinski definition) is 0. The summed E-state index contributed by atoms with van der Waals surface area (Å²) in [6.45, 7) is 8.43. The quantitative estimate of drug-likeness (QED) is 0.354. The van der Waals surface area contributed by atoms with E-state index in [2.05, 4.69) is 21.1 Å². The first kappa shape index (κ1) is 14.5. The molecular weight excluding hydrogens is 270 g/mol. The number of carbonyl (C=O) groups is 1. The highest BCUT2D eigenvalue weighted by Gasteiger charge is 2.15. The summed E-state index contributed by atoms with van der Waals surface area (Å²) in [6, 6.07) is 3.70. The van der Waals surface area contributed by atoms with Crippen LogP contribution in [-0.2, 0) is 6.54 Å². The molecule has 0 bridgehead atoms. The number of carbonyl (C=O) groups excluding carboxylic acids is 1. The van der Waals surface area contributed by atoms with Gasteiger partial charge in [0.1, 0.15) is 0 Å². The molecular formula is C15H17N3OS. The zero-order valence-corrected chi connectivity index (χ0v) is 12.5. The standard InChI is InChI=1S/C15H17N3OS/c1-4-8-18-11(2)9-13(12(18)3)14(19)10-20-15-16-6-5-7-17-15/h4-7,9H,1,8,10H2,2-3H3. The summed E-state index contributed by atoms with van der Waals surface area (Å²) in [7, 11) is 0. The van der Waals surface area contributed by atoms with Crippen molar-refractivity contribution >= 4 is 17.5 Å². The van der Waals surface area contributed by atoms with Gasteiger partial charge < -0.3 is 4.57 Å². The fraction of sp³-hybridized carbons (Fsp3) is 0.267. The lowest BCUT2D eigenvalue weighted by atomic mass is 10.2. The number of hydrogen-bond acceptors (Lipinski definition) is 4. The van der Waals surface area contributed by atoms with Gasteiger partial charge in [0.15, 0.2) is 10.9 Å². The van der Waals surface area contributed by atoms with Crippen molar-refractivity contribution in [2.75, 3.05) is 5.75 Å². The van der Waals surface area contributed by atoms with Crippen molar-refractivity contribution in [2.45, 2.75) is 25.5 Å². The molecule has 0 aliphatic carbocycles. The van der Waals surface area contributed by atoms with E-state index in [9.17, 15) is 4.79 Å². The van der Waals surface area contributed by atoms with Gasteiger partial charge in [0, 0.05) is 35.9 Å². The predicted molar refractivity (Wildman–Crippen MR) is 81.2 cm³/mol. The van der Waals surface area contributed by atoms with Gasteiger partial charge in [-0.2, -0.15) is 0 Å². The first-order valence-electron chi connectivity index (χ1n) is 6.34. The van der Waals surface area contributed by atoms with Crippen LogP contribution in [0.4, 0.5) is 0 Å². The number of aromatic nitrogens is 3. The number of aryl methyl sites for hydroxylation is 1. The van der Waals surface area contributed by atoms with Gasteiger partial charge >= 0.3 is 0 Å². The minimum absolute atomic E-state index is 0.103. The molecule has 20 heavy (non-hydrogen) atoms. The number of thioether (sulfide) groups is 1. The fourth-order valence-electron chi connectivity index (χ4n) is 2.06. The molecule has 0 spiro atoms. The second-order valence-electron chi connectivity index (χ2n) is 4.43. The molecule has 0 radical (unpaired) electrons. The molecule has 2 aromatic rings. The maximum Gasteiger partial charge on any atom is 0.187 e. The van der Waals surface area contributed by atoms with Crippen molar-refractivity contribution < 1.29 is 4.79 Å². The SMILES string of the molecule is C=CCn1c(C)cc(C(=O)CSc2ncccn2)c1C. The van der Waals surface area contributed by atoms with Crippen LogP contribution in [-0.4, -0.2) is 26.1 Å². The normalized spacial score (nSPS) is 10.5. The Hall–Kier alpha value is -1.88. The highest BCUT2D eigenvalue weighted by Crippen LogP contribution is 2.19. The highest BCUT2D eigenvalue weighted by molar-refractivity contribution is 7.99. The molecule has 5 heteroatoms. The average molecular weight is 287 g/mol. The molecule has 2 heterocycles. The third kappa shape index (κ3) is 3.17. The highest BCUT2D eigenvalue weighted by atomic mass is 32.2. The van der Waals surface area contributed by atoms with Gasteiger partial charge in [0.05, 0.1) is 5.75 Å². The van der Waals surface area contributed by atoms with Crippen LogP contribution in [0.15, 0.2) is 42.3 Å². The van der Waals surface area contributed by atoms with E-state index < -0.39 is 0 Å². The van der Waals surface area contributed by atoms with Crippen LogP contribution in [0.1, 0.15) is 21.7 Å². The molecule has 104 valence electrons. The summed E-state index contributed by atoms with van der Waals surface area (Å²) in [5.41, 5.74) is 2.83. The maximum atomic E-state index is 12.3. The zero-order valence-electron chi connectivity index (χ0n) is 11.7. The Labute approximate surface area is 122 Å². The van der Waals surface area contributed by atoms with Crippen LogP contribution in [0.25, 0.3) is 0 Å². The molecule has 0 aliphatic rings. The van der Waals surface area contributed by atoms with E-state index in [0.717, 1.165) is 23.5 Å². The van der Waals surface area contributed by atoms with Gasteiger partial charge in [-0.05, 0) is 26.0 Å². The van der Waals surface area contributed by atoms with Gasteiger partial charge in [-0.1, -0.05) is 17.8 Å². The minimum atomic E-state index is 0.103. The lowest BCUT2D eigenvalue weighted by molar-refractivity contribution is 0.102. The Morgan fingerprint density at radius 2 is 2.10 bits per heavy atom. The molecule has 0 saturated carbocycles. The van der Waals surface area contributed by atoms with Crippen molar-refractivity contribution in [1.29, 1.82) is 0 Å². The van der Waals surface area contributed by atoms with Crippen LogP contribution < -0.4 is 0 Å². The molecule has 0 amide bonds. The van der Waals surface area contributed by atoms with Crippen LogP contribution in [0.2, 0.25) is 0 Å². The lowest BCUT2D eigenvalue weighted by Crippen LogP contribution is -2.06. The first-order chi connectivity index (χ1) is 9.63. The Balaban J connectivity index is 2.10. The van der Waals surface area contributed by atoms with Gasteiger partial charge in [0.2, 0.25) is 0 Å². The topological polar surface area (TPSA) is 47.8 Å². The molecule has 0 aromatic carbocycles. The van der Waals surface area contributed by atoms with E-state index in [0.29, 0.717) is 10.9 Å². The summed E-state index contributed by atoms with van der Waals surface area (Å²) in [5.74, 6) is 0.452. The number of nitrogens with zero attached hydrogens (tertiary/aromatic N) is 3. The summed E-state index contributed by atoms with van der Waals surface area (Å²) in [6.07, 6.45) is 5.19. The number of allylic oxidation sites excluding steroid dienone is 1. The summed E-state index contributed by atoms with van der Waals surface area (Å²) >= 11 is 1.36. The van der Waals surface area contributed by atoms with E-state index in [1.165, 1.54) is 11.8 Å². The molecule has 2 rings (SSSR count). The number of rotatable bonds is 6. The maximum absolute atomic E-state index is 12.3. The Bertz CT molecular complexity index is 620. The van der Waals surface area contributed by atoms with Crippen LogP contribution in [0.3, 0.4) is 0 Å². The van der Waals surface area contributed by atoms with Crippen LogP contribution >= 0.6 is 11.8 Å². The van der Waals surface area contributed by atoms with Crippen LogP contribution in [0.5, 0.6) is 0 Å². The van der Waals surface area contributed by atoms with Crippen molar-refractivity contribution in [3.63, 3.8) is 0 Å². The minimum Gasteiger partial charge on any atom is -0.345 e. The fourth-order valence-corrected chi connectivity index (χ4v) is 2.75. The second kappa shape index (κ2) is 6.52. The van der Waals surface area contributed by atoms with Gasteiger partial charge in [-0.3, -0.25) is 4.79 Å². The third-order valence-corrected chi connectivity index (χ3v) is 3.94. The van der Waals surface area contributed by atoms with E-state index in [4.69, 9.17) is 0 Å². The van der Waals surface area contributed by atoms with Crippen LogP contribution in [0, 0.1) is 13.8 Å². The van der Waals surface area contributed by atoms with Crippen molar-refractivity contribution in [1.82, 2.24) is 14.5 Å². The first-order valence-corrected chi connectivity index (χ1v) is 7.32. The Morgan fingerprint density at radius 3 is 2.75 bits per heavy atom. The zero-order chi connectivity index (χ0) is 14.5.